The van der Waals surface area contributed by atoms with Crippen LogP contribution in [-0.4, -0.2) is 50.6 Å². The molecule has 18 heavy (non-hydrogen) atoms. The normalized spacial score (nSPS) is 21.6. The van der Waals surface area contributed by atoms with E-state index >= 15 is 0 Å². The van der Waals surface area contributed by atoms with E-state index in [1.807, 2.05) is 0 Å². The third kappa shape index (κ3) is 6.36. The average molecular weight is 255 g/mol. The second-order valence-electron chi connectivity index (χ2n) is 6.22. The van der Waals surface area contributed by atoms with Gasteiger partial charge in [-0.05, 0) is 51.9 Å². The number of hydrogen-bond donors (Lipinski definition) is 2. The fourth-order valence-electron chi connectivity index (χ4n) is 2.63. The molecule has 4 nitrogen and oxygen atoms in total. The third-order valence-electron chi connectivity index (χ3n) is 3.34. The number of rotatable bonds is 7. The maximum absolute atomic E-state index is 12.0. The zero-order valence-electron chi connectivity index (χ0n) is 12.3. The Bertz CT molecular complexity index is 237. The summed E-state index contributed by atoms with van der Waals surface area (Å²) in [6, 6.07) is 0.280. The molecule has 2 unspecified atom stereocenters. The molecule has 1 fully saturated rings. The topological polar surface area (TPSA) is 44.4 Å². The molecule has 0 aromatic heterocycles. The molecule has 1 saturated heterocycles. The van der Waals surface area contributed by atoms with E-state index in [9.17, 15) is 4.79 Å². The van der Waals surface area contributed by atoms with Crippen LogP contribution in [-0.2, 0) is 4.79 Å². The quantitative estimate of drug-likeness (QED) is 0.715. The van der Waals surface area contributed by atoms with Crippen molar-refractivity contribution in [2.45, 2.75) is 39.2 Å². The molecule has 1 aliphatic heterocycles. The minimum Gasteiger partial charge on any atom is -0.352 e. The summed E-state index contributed by atoms with van der Waals surface area (Å²) in [5.74, 6) is 1.36. The lowest BCUT2D eigenvalue weighted by atomic mass is 10.0. The van der Waals surface area contributed by atoms with Crippen molar-refractivity contribution in [2.75, 3.05) is 33.7 Å². The first-order valence-electron chi connectivity index (χ1n) is 7.12. The van der Waals surface area contributed by atoms with Crippen LogP contribution in [0.15, 0.2) is 0 Å². The first kappa shape index (κ1) is 15.4. The average Bonchev–Trinajstić information content (AvgIpc) is 2.67. The number of likely N-dealkylation sites (N-methyl/N-ethyl adjacent to an activating group) is 1. The molecule has 1 aliphatic rings. The fraction of sp³-hybridized carbons (Fsp3) is 0.929. The summed E-state index contributed by atoms with van der Waals surface area (Å²) in [4.78, 5) is 14.2. The van der Waals surface area contributed by atoms with Crippen LogP contribution in [0.25, 0.3) is 0 Å². The van der Waals surface area contributed by atoms with Gasteiger partial charge < -0.3 is 15.5 Å². The Morgan fingerprint density at radius 2 is 2.17 bits per heavy atom. The second kappa shape index (κ2) is 7.74. The number of carbonyl (C=O) groups is 1. The van der Waals surface area contributed by atoms with Gasteiger partial charge in [0.1, 0.15) is 0 Å². The van der Waals surface area contributed by atoms with Crippen LogP contribution < -0.4 is 10.6 Å². The van der Waals surface area contributed by atoms with Crippen molar-refractivity contribution in [1.29, 1.82) is 0 Å². The van der Waals surface area contributed by atoms with Gasteiger partial charge in [0.2, 0.25) is 5.91 Å². The van der Waals surface area contributed by atoms with E-state index in [0.717, 1.165) is 32.5 Å². The highest BCUT2D eigenvalue weighted by Crippen LogP contribution is 2.12. The predicted molar refractivity (Wildman–Crippen MR) is 75.5 cm³/mol. The van der Waals surface area contributed by atoms with E-state index in [1.54, 1.807) is 0 Å². The van der Waals surface area contributed by atoms with Gasteiger partial charge in [0.15, 0.2) is 0 Å². The van der Waals surface area contributed by atoms with Crippen LogP contribution >= 0.6 is 0 Å². The zero-order valence-corrected chi connectivity index (χ0v) is 12.3. The molecule has 1 rings (SSSR count). The zero-order chi connectivity index (χ0) is 13.5. The molecular formula is C14H29N3O. The molecular weight excluding hydrogens is 226 g/mol. The van der Waals surface area contributed by atoms with Crippen molar-refractivity contribution in [2.24, 2.45) is 11.8 Å². The Kier molecular flexibility index (Phi) is 6.65. The molecule has 4 heteroatoms. The third-order valence-corrected chi connectivity index (χ3v) is 3.34. The standard InChI is InChI=1S/C14H29N3O/c1-11(2)7-13(10-17(3)4)16-14(18)8-12-5-6-15-9-12/h11-13,15H,5-10H2,1-4H3,(H,16,18). The predicted octanol–water partition coefficient (Wildman–Crippen LogP) is 1.08. The smallest absolute Gasteiger partial charge is 0.220 e. The van der Waals surface area contributed by atoms with Gasteiger partial charge in [0, 0.05) is 19.0 Å². The minimum atomic E-state index is 0.219. The van der Waals surface area contributed by atoms with E-state index in [4.69, 9.17) is 0 Å². The van der Waals surface area contributed by atoms with Crippen molar-refractivity contribution in [3.8, 4) is 0 Å². The first-order chi connectivity index (χ1) is 8.47. The Balaban J connectivity index is 2.35. The highest BCUT2D eigenvalue weighted by atomic mass is 16.1. The minimum absolute atomic E-state index is 0.219. The van der Waals surface area contributed by atoms with Gasteiger partial charge in [-0.1, -0.05) is 13.8 Å². The lowest BCUT2D eigenvalue weighted by molar-refractivity contribution is -0.122. The van der Waals surface area contributed by atoms with E-state index < -0.39 is 0 Å². The molecule has 0 bridgehead atoms. The SMILES string of the molecule is CC(C)CC(CN(C)C)NC(=O)CC1CCNC1. The summed E-state index contributed by atoms with van der Waals surface area (Å²) >= 11 is 0. The maximum Gasteiger partial charge on any atom is 0.220 e. The molecule has 1 amide bonds. The van der Waals surface area contributed by atoms with E-state index in [-0.39, 0.29) is 11.9 Å². The van der Waals surface area contributed by atoms with Crippen LogP contribution in [0.3, 0.4) is 0 Å². The van der Waals surface area contributed by atoms with E-state index in [0.29, 0.717) is 18.3 Å². The molecule has 1 heterocycles. The Hall–Kier alpha value is -0.610. The van der Waals surface area contributed by atoms with Crippen molar-refractivity contribution < 1.29 is 4.79 Å². The molecule has 2 N–H and O–H groups in total. The first-order valence-corrected chi connectivity index (χ1v) is 7.12. The maximum atomic E-state index is 12.0. The van der Waals surface area contributed by atoms with Gasteiger partial charge in [0.25, 0.3) is 0 Å². The molecule has 0 spiro atoms. The van der Waals surface area contributed by atoms with E-state index in [1.165, 1.54) is 0 Å². The van der Waals surface area contributed by atoms with Gasteiger partial charge >= 0.3 is 0 Å². The molecule has 2 atom stereocenters. The molecule has 0 aliphatic carbocycles. The van der Waals surface area contributed by atoms with Crippen LogP contribution in [0.4, 0.5) is 0 Å². The van der Waals surface area contributed by atoms with Crippen LogP contribution in [0.1, 0.15) is 33.1 Å². The second-order valence-corrected chi connectivity index (χ2v) is 6.22. The largest absolute Gasteiger partial charge is 0.352 e. The van der Waals surface area contributed by atoms with Crippen molar-refractivity contribution in [3.63, 3.8) is 0 Å². The highest BCUT2D eigenvalue weighted by molar-refractivity contribution is 5.76. The lowest BCUT2D eigenvalue weighted by Crippen LogP contribution is -2.43. The summed E-state index contributed by atoms with van der Waals surface area (Å²) in [5, 5.41) is 6.51. The van der Waals surface area contributed by atoms with Crippen LogP contribution in [0, 0.1) is 11.8 Å². The van der Waals surface area contributed by atoms with Crippen molar-refractivity contribution in [3.05, 3.63) is 0 Å². The highest BCUT2D eigenvalue weighted by Gasteiger charge is 2.20. The fourth-order valence-corrected chi connectivity index (χ4v) is 2.63. The van der Waals surface area contributed by atoms with Gasteiger partial charge in [-0.15, -0.1) is 0 Å². The molecule has 0 saturated carbocycles. The summed E-state index contributed by atoms with van der Waals surface area (Å²) in [7, 11) is 4.11. The molecule has 0 aromatic carbocycles. The van der Waals surface area contributed by atoms with Crippen LogP contribution in [0.2, 0.25) is 0 Å². The summed E-state index contributed by atoms with van der Waals surface area (Å²) in [6.45, 7) is 7.39. The number of hydrogen-bond acceptors (Lipinski definition) is 3. The molecule has 0 aromatic rings. The summed E-state index contributed by atoms with van der Waals surface area (Å²) < 4.78 is 0. The van der Waals surface area contributed by atoms with Crippen LogP contribution in [0.5, 0.6) is 0 Å². The van der Waals surface area contributed by atoms with Crippen molar-refractivity contribution >= 4 is 5.91 Å². The van der Waals surface area contributed by atoms with Gasteiger partial charge in [-0.2, -0.15) is 0 Å². The number of nitrogens with zero attached hydrogens (tertiary/aromatic N) is 1. The van der Waals surface area contributed by atoms with Gasteiger partial charge in [-0.3, -0.25) is 4.79 Å². The lowest BCUT2D eigenvalue weighted by Gasteiger charge is -2.24. The number of nitrogens with one attached hydrogen (secondary N) is 2. The monoisotopic (exact) mass is 255 g/mol. The van der Waals surface area contributed by atoms with E-state index in [2.05, 4.69) is 43.5 Å². The Morgan fingerprint density at radius 3 is 2.67 bits per heavy atom. The Morgan fingerprint density at radius 1 is 1.44 bits per heavy atom. The molecule has 106 valence electrons. The summed E-state index contributed by atoms with van der Waals surface area (Å²) in [5.41, 5.74) is 0. The Labute approximate surface area is 111 Å². The number of carbonyl (C=O) groups excluding carboxylic acids is 1. The van der Waals surface area contributed by atoms with Gasteiger partial charge in [-0.25, -0.2) is 0 Å². The molecule has 0 radical (unpaired) electrons. The van der Waals surface area contributed by atoms with Gasteiger partial charge in [0.05, 0.1) is 0 Å². The number of amides is 1. The summed E-state index contributed by atoms with van der Waals surface area (Å²) in [6.07, 6.45) is 2.86. The van der Waals surface area contributed by atoms with Crippen molar-refractivity contribution in [1.82, 2.24) is 15.5 Å².